The summed E-state index contributed by atoms with van der Waals surface area (Å²) in [5.74, 6) is 0. The van der Waals surface area contributed by atoms with Crippen LogP contribution >= 0.6 is 38.9 Å². The van der Waals surface area contributed by atoms with Gasteiger partial charge in [0.05, 0.1) is 0 Å². The van der Waals surface area contributed by atoms with Gasteiger partial charge in [-0.2, -0.15) is 0 Å². The van der Waals surface area contributed by atoms with E-state index >= 15 is 0 Å². The maximum Gasteiger partial charge on any atom is 0.107 e. The van der Waals surface area contributed by atoms with Crippen LogP contribution in [0.5, 0.6) is 0 Å². The van der Waals surface area contributed by atoms with E-state index in [-0.39, 0.29) is 0 Å². The molecule has 4 heteroatoms. The number of nitrogens with one attached hydrogen (secondary N) is 1. The van der Waals surface area contributed by atoms with E-state index in [1.54, 1.807) is 11.3 Å². The summed E-state index contributed by atoms with van der Waals surface area (Å²) in [7, 11) is 1.99. The van der Waals surface area contributed by atoms with Crippen LogP contribution in [0.2, 0.25) is 4.34 Å². The average Bonchev–Trinajstić information content (AvgIpc) is 2.71. The fraction of sp³-hybridized carbons (Fsp3) is 0.333. The van der Waals surface area contributed by atoms with Gasteiger partial charge >= 0.3 is 0 Å². The van der Waals surface area contributed by atoms with E-state index in [1.807, 2.05) is 7.05 Å². The Kier molecular flexibility index (Phi) is 5.07. The molecule has 0 spiro atoms. The molecular weight excluding hydrogens is 342 g/mol. The lowest BCUT2D eigenvalue weighted by Gasteiger charge is -2.15. The van der Waals surface area contributed by atoms with Crippen LogP contribution in [0.4, 0.5) is 0 Å². The van der Waals surface area contributed by atoms with Crippen LogP contribution in [0.1, 0.15) is 27.6 Å². The molecule has 0 saturated carbocycles. The highest BCUT2D eigenvalue weighted by Crippen LogP contribution is 2.36. The predicted octanol–water partition coefficient (Wildman–Crippen LogP) is 5.28. The number of thiophene rings is 1. The second-order valence-electron chi connectivity index (χ2n) is 4.73. The van der Waals surface area contributed by atoms with Crippen LogP contribution in [0.25, 0.3) is 0 Å². The Bertz CT molecular complexity index is 560. The van der Waals surface area contributed by atoms with E-state index in [2.05, 4.69) is 59.4 Å². The SMILES string of the molecule is CNC(Cc1ccc(C)c(C)c1)c1cc(Br)c(Cl)s1. The van der Waals surface area contributed by atoms with Crippen molar-refractivity contribution in [3.05, 3.63) is 54.6 Å². The van der Waals surface area contributed by atoms with Crippen molar-refractivity contribution in [1.82, 2.24) is 5.32 Å². The molecule has 0 saturated heterocycles. The topological polar surface area (TPSA) is 12.0 Å². The number of halogens is 2. The first-order chi connectivity index (χ1) is 9.01. The van der Waals surface area contributed by atoms with Crippen LogP contribution in [0.3, 0.4) is 0 Å². The second kappa shape index (κ2) is 6.40. The summed E-state index contributed by atoms with van der Waals surface area (Å²) >= 11 is 11.2. The van der Waals surface area contributed by atoms with Gasteiger partial charge < -0.3 is 5.32 Å². The number of aryl methyl sites for hydroxylation is 2. The number of hydrogen-bond donors (Lipinski definition) is 1. The molecule has 1 nitrogen and oxygen atoms in total. The van der Waals surface area contributed by atoms with E-state index in [4.69, 9.17) is 11.6 Å². The summed E-state index contributed by atoms with van der Waals surface area (Å²) in [5.41, 5.74) is 4.03. The molecule has 0 aliphatic heterocycles. The maximum absolute atomic E-state index is 6.12. The molecule has 0 aliphatic rings. The molecule has 1 atom stereocenters. The van der Waals surface area contributed by atoms with Gasteiger partial charge in [-0.3, -0.25) is 0 Å². The average molecular weight is 359 g/mol. The van der Waals surface area contributed by atoms with Gasteiger partial charge in [0.25, 0.3) is 0 Å². The predicted molar refractivity (Wildman–Crippen MR) is 88.4 cm³/mol. The largest absolute Gasteiger partial charge is 0.312 e. The Hall–Kier alpha value is -0.350. The summed E-state index contributed by atoms with van der Waals surface area (Å²) in [5, 5.41) is 3.37. The highest BCUT2D eigenvalue weighted by atomic mass is 79.9. The lowest BCUT2D eigenvalue weighted by molar-refractivity contribution is 0.602. The Morgan fingerprint density at radius 2 is 2.00 bits per heavy atom. The Balaban J connectivity index is 2.21. The number of likely N-dealkylation sites (N-methyl/N-ethyl adjacent to an activating group) is 1. The number of hydrogen-bond acceptors (Lipinski definition) is 2. The van der Waals surface area contributed by atoms with Crippen molar-refractivity contribution < 1.29 is 0 Å². The van der Waals surface area contributed by atoms with Crippen molar-refractivity contribution in [2.75, 3.05) is 7.05 Å². The number of rotatable bonds is 4. The van der Waals surface area contributed by atoms with Crippen molar-refractivity contribution in [2.45, 2.75) is 26.3 Å². The smallest absolute Gasteiger partial charge is 0.107 e. The normalized spacial score (nSPS) is 12.7. The first kappa shape index (κ1) is 15.0. The summed E-state index contributed by atoms with van der Waals surface area (Å²) in [6.45, 7) is 4.30. The van der Waals surface area contributed by atoms with Crippen molar-refractivity contribution >= 4 is 38.9 Å². The van der Waals surface area contributed by atoms with Crippen molar-refractivity contribution in [1.29, 1.82) is 0 Å². The minimum atomic E-state index is 0.302. The minimum absolute atomic E-state index is 0.302. The van der Waals surface area contributed by atoms with Gasteiger partial charge in [-0.05, 0) is 66.0 Å². The molecule has 102 valence electrons. The van der Waals surface area contributed by atoms with Crippen LogP contribution in [-0.4, -0.2) is 7.05 Å². The molecule has 1 aromatic carbocycles. The zero-order valence-electron chi connectivity index (χ0n) is 11.3. The van der Waals surface area contributed by atoms with Gasteiger partial charge in [0.1, 0.15) is 4.34 Å². The fourth-order valence-electron chi connectivity index (χ4n) is 2.05. The monoisotopic (exact) mass is 357 g/mol. The van der Waals surface area contributed by atoms with Gasteiger partial charge in [-0.1, -0.05) is 29.8 Å². The van der Waals surface area contributed by atoms with E-state index in [0.29, 0.717) is 6.04 Å². The molecule has 1 unspecified atom stereocenters. The molecule has 1 N–H and O–H groups in total. The van der Waals surface area contributed by atoms with Gasteiger partial charge in [0.15, 0.2) is 0 Å². The quantitative estimate of drug-likeness (QED) is 0.783. The lowest BCUT2D eigenvalue weighted by Crippen LogP contribution is -2.17. The van der Waals surface area contributed by atoms with Gasteiger partial charge in [-0.15, -0.1) is 11.3 Å². The van der Waals surface area contributed by atoms with Gasteiger partial charge in [0, 0.05) is 15.4 Å². The van der Waals surface area contributed by atoms with Crippen molar-refractivity contribution in [3.63, 3.8) is 0 Å². The zero-order chi connectivity index (χ0) is 14.0. The standard InChI is InChI=1S/C15H17BrClNS/c1-9-4-5-11(6-10(9)2)7-13(18-3)14-8-12(16)15(17)19-14/h4-6,8,13,18H,7H2,1-3H3. The summed E-state index contributed by atoms with van der Waals surface area (Å²) in [6, 6.07) is 9.07. The Morgan fingerprint density at radius 3 is 2.53 bits per heavy atom. The molecule has 0 fully saturated rings. The molecule has 0 amide bonds. The minimum Gasteiger partial charge on any atom is -0.312 e. The fourth-order valence-corrected chi connectivity index (χ4v) is 3.89. The first-order valence-corrected chi connectivity index (χ1v) is 8.18. The third-order valence-corrected chi connectivity index (χ3v) is 5.96. The molecule has 0 bridgehead atoms. The van der Waals surface area contributed by atoms with Gasteiger partial charge in [0.2, 0.25) is 0 Å². The molecule has 2 rings (SSSR count). The van der Waals surface area contributed by atoms with E-state index in [1.165, 1.54) is 21.6 Å². The van der Waals surface area contributed by atoms with E-state index in [0.717, 1.165) is 15.2 Å². The highest BCUT2D eigenvalue weighted by molar-refractivity contribution is 9.10. The summed E-state index contributed by atoms with van der Waals surface area (Å²) in [4.78, 5) is 1.26. The molecule has 2 aromatic rings. The molecular formula is C15H17BrClNS. The molecule has 1 heterocycles. The second-order valence-corrected chi connectivity index (χ2v) is 7.27. The molecule has 19 heavy (non-hydrogen) atoms. The maximum atomic E-state index is 6.12. The summed E-state index contributed by atoms with van der Waals surface area (Å²) < 4.78 is 1.80. The van der Waals surface area contributed by atoms with E-state index < -0.39 is 0 Å². The lowest BCUT2D eigenvalue weighted by atomic mass is 10.0. The van der Waals surface area contributed by atoms with Crippen LogP contribution in [-0.2, 0) is 6.42 Å². The molecule has 0 aliphatic carbocycles. The third kappa shape index (κ3) is 3.60. The van der Waals surface area contributed by atoms with Gasteiger partial charge in [-0.25, -0.2) is 0 Å². The van der Waals surface area contributed by atoms with Crippen molar-refractivity contribution in [2.24, 2.45) is 0 Å². The number of benzene rings is 1. The molecule has 0 radical (unpaired) electrons. The first-order valence-electron chi connectivity index (χ1n) is 6.19. The zero-order valence-corrected chi connectivity index (χ0v) is 14.4. The van der Waals surface area contributed by atoms with Crippen LogP contribution < -0.4 is 5.32 Å². The highest BCUT2D eigenvalue weighted by Gasteiger charge is 2.15. The van der Waals surface area contributed by atoms with Crippen LogP contribution in [0.15, 0.2) is 28.7 Å². The van der Waals surface area contributed by atoms with Crippen LogP contribution in [0, 0.1) is 13.8 Å². The summed E-state index contributed by atoms with van der Waals surface area (Å²) in [6.07, 6.45) is 0.973. The third-order valence-electron chi connectivity index (χ3n) is 3.37. The Labute approximate surface area is 132 Å². The van der Waals surface area contributed by atoms with E-state index in [9.17, 15) is 0 Å². The molecule has 1 aromatic heterocycles. The Morgan fingerprint density at radius 1 is 1.26 bits per heavy atom. The van der Waals surface area contributed by atoms with Crippen molar-refractivity contribution in [3.8, 4) is 0 Å².